The van der Waals surface area contributed by atoms with Gasteiger partial charge in [-0.2, -0.15) is 0 Å². The first-order valence-corrected chi connectivity index (χ1v) is 6.31. The zero-order valence-corrected chi connectivity index (χ0v) is 11.6. The van der Waals surface area contributed by atoms with E-state index in [2.05, 4.69) is 10.1 Å². The van der Waals surface area contributed by atoms with Crippen LogP contribution >= 0.6 is 0 Å². The lowest BCUT2D eigenvalue weighted by Crippen LogP contribution is -2.37. The Bertz CT molecular complexity index is 491. The predicted octanol–water partition coefficient (Wildman–Crippen LogP) is 1.46. The highest BCUT2D eigenvalue weighted by Crippen LogP contribution is 2.11. The van der Waals surface area contributed by atoms with Crippen molar-refractivity contribution in [2.24, 2.45) is 16.8 Å². The van der Waals surface area contributed by atoms with E-state index in [9.17, 15) is 9.18 Å². The molecule has 0 aliphatic rings. The number of carbonyl (C=O) groups is 1. The van der Waals surface area contributed by atoms with Gasteiger partial charge in [-0.1, -0.05) is 19.0 Å². The van der Waals surface area contributed by atoms with Crippen molar-refractivity contribution in [1.82, 2.24) is 9.88 Å². The second kappa shape index (κ2) is 7.42. The molecular formula is C13H19FN4O2. The number of halogens is 1. The van der Waals surface area contributed by atoms with Gasteiger partial charge in [0.2, 0.25) is 0 Å². The van der Waals surface area contributed by atoms with Crippen molar-refractivity contribution in [3.63, 3.8) is 0 Å². The zero-order valence-electron chi connectivity index (χ0n) is 11.6. The third-order valence-electron chi connectivity index (χ3n) is 2.64. The van der Waals surface area contributed by atoms with Crippen LogP contribution < -0.4 is 5.73 Å². The molecule has 0 aliphatic carbocycles. The molecule has 0 atom stereocenters. The maximum absolute atomic E-state index is 13.6. The van der Waals surface area contributed by atoms with Crippen LogP contribution in [0.3, 0.4) is 0 Å². The number of hydrogen-bond acceptors (Lipinski definition) is 4. The second-order valence-electron chi connectivity index (χ2n) is 4.84. The smallest absolute Gasteiger partial charge is 0.256 e. The largest absolute Gasteiger partial charge is 0.409 e. The third-order valence-corrected chi connectivity index (χ3v) is 2.64. The highest BCUT2D eigenvalue weighted by molar-refractivity contribution is 5.94. The zero-order chi connectivity index (χ0) is 15.1. The van der Waals surface area contributed by atoms with E-state index in [0.29, 0.717) is 6.54 Å². The first-order valence-electron chi connectivity index (χ1n) is 6.31. The van der Waals surface area contributed by atoms with Crippen LogP contribution in [0, 0.1) is 11.7 Å². The van der Waals surface area contributed by atoms with Gasteiger partial charge in [-0.3, -0.25) is 9.78 Å². The van der Waals surface area contributed by atoms with Gasteiger partial charge in [-0.25, -0.2) is 4.39 Å². The molecule has 1 rings (SSSR count). The molecule has 0 bridgehead atoms. The van der Waals surface area contributed by atoms with E-state index in [1.165, 1.54) is 17.2 Å². The summed E-state index contributed by atoms with van der Waals surface area (Å²) >= 11 is 0. The molecule has 0 saturated heterocycles. The summed E-state index contributed by atoms with van der Waals surface area (Å²) < 4.78 is 13.6. The van der Waals surface area contributed by atoms with Crippen molar-refractivity contribution in [3.05, 3.63) is 29.8 Å². The average molecular weight is 282 g/mol. The molecule has 0 aliphatic heterocycles. The summed E-state index contributed by atoms with van der Waals surface area (Å²) in [6.45, 7) is 4.62. The quantitative estimate of drug-likeness (QED) is 0.357. The van der Waals surface area contributed by atoms with Gasteiger partial charge in [0.25, 0.3) is 5.91 Å². The van der Waals surface area contributed by atoms with Gasteiger partial charge in [0.05, 0.1) is 11.8 Å². The summed E-state index contributed by atoms with van der Waals surface area (Å²) in [7, 11) is 0. The van der Waals surface area contributed by atoms with Gasteiger partial charge in [-0.05, 0) is 12.0 Å². The monoisotopic (exact) mass is 282 g/mol. The van der Waals surface area contributed by atoms with Crippen LogP contribution in [0.2, 0.25) is 0 Å². The summed E-state index contributed by atoms with van der Waals surface area (Å²) in [4.78, 5) is 17.4. The number of aromatic nitrogens is 1. The number of pyridine rings is 1. The Kier molecular flexibility index (Phi) is 5.89. The molecule has 1 heterocycles. The van der Waals surface area contributed by atoms with E-state index < -0.39 is 11.7 Å². The van der Waals surface area contributed by atoms with Gasteiger partial charge in [0, 0.05) is 25.7 Å². The van der Waals surface area contributed by atoms with E-state index in [0.717, 1.165) is 6.20 Å². The summed E-state index contributed by atoms with van der Waals surface area (Å²) in [6.07, 6.45) is 2.60. The minimum absolute atomic E-state index is 0.0276. The lowest BCUT2D eigenvalue weighted by Gasteiger charge is -2.24. The number of amides is 1. The number of oxime groups is 1. The van der Waals surface area contributed by atoms with Crippen LogP contribution in [0.5, 0.6) is 0 Å². The van der Waals surface area contributed by atoms with Gasteiger partial charge >= 0.3 is 0 Å². The Morgan fingerprint density at radius 3 is 2.85 bits per heavy atom. The fourth-order valence-corrected chi connectivity index (χ4v) is 1.74. The minimum atomic E-state index is -0.657. The summed E-state index contributed by atoms with van der Waals surface area (Å²) in [5.41, 5.74) is 5.37. The standard InChI is InChI=1S/C13H19FN4O2/c1-9(2)8-18(6-4-12(15)17-20)13(19)10-3-5-16-7-11(10)14/h3,5,7,9,20H,4,6,8H2,1-2H3,(H2,15,17). The Morgan fingerprint density at radius 2 is 2.30 bits per heavy atom. The predicted molar refractivity (Wildman–Crippen MR) is 73.0 cm³/mol. The number of rotatable bonds is 6. The Balaban J connectivity index is 2.87. The SMILES string of the molecule is CC(C)CN(CCC(N)=NO)C(=O)c1ccncc1F. The lowest BCUT2D eigenvalue weighted by molar-refractivity contribution is 0.0735. The third kappa shape index (κ3) is 4.49. The fourth-order valence-electron chi connectivity index (χ4n) is 1.74. The molecule has 0 spiro atoms. The molecule has 0 fully saturated rings. The molecule has 3 N–H and O–H groups in total. The average Bonchev–Trinajstić information content (AvgIpc) is 2.42. The van der Waals surface area contributed by atoms with Crippen molar-refractivity contribution in [2.75, 3.05) is 13.1 Å². The number of carbonyl (C=O) groups excluding carboxylic acids is 1. The van der Waals surface area contributed by atoms with Crippen LogP contribution in [0.25, 0.3) is 0 Å². The lowest BCUT2D eigenvalue weighted by atomic mass is 10.1. The summed E-state index contributed by atoms with van der Waals surface area (Å²) in [5.74, 6) is -0.836. The maximum Gasteiger partial charge on any atom is 0.256 e. The summed E-state index contributed by atoms with van der Waals surface area (Å²) in [5, 5.41) is 11.4. The first-order chi connectivity index (χ1) is 9.45. The Morgan fingerprint density at radius 1 is 1.60 bits per heavy atom. The van der Waals surface area contributed by atoms with E-state index in [-0.39, 0.29) is 30.3 Å². The van der Waals surface area contributed by atoms with Gasteiger partial charge in [0.1, 0.15) is 5.84 Å². The molecule has 0 aromatic carbocycles. The Hall–Kier alpha value is -2.18. The van der Waals surface area contributed by atoms with Gasteiger partial charge in [0.15, 0.2) is 5.82 Å². The van der Waals surface area contributed by atoms with Crippen molar-refractivity contribution in [1.29, 1.82) is 0 Å². The molecule has 1 aromatic rings. The molecule has 0 radical (unpaired) electrons. The van der Waals surface area contributed by atoms with Crippen LogP contribution in [-0.4, -0.2) is 39.9 Å². The highest BCUT2D eigenvalue weighted by Gasteiger charge is 2.20. The molecule has 20 heavy (non-hydrogen) atoms. The first kappa shape index (κ1) is 15.9. The van der Waals surface area contributed by atoms with Crippen molar-refractivity contribution < 1.29 is 14.4 Å². The fraction of sp³-hybridized carbons (Fsp3) is 0.462. The molecule has 1 aromatic heterocycles. The van der Waals surface area contributed by atoms with E-state index in [4.69, 9.17) is 10.9 Å². The second-order valence-corrected chi connectivity index (χ2v) is 4.84. The Labute approximate surface area is 117 Å². The topological polar surface area (TPSA) is 91.8 Å². The number of nitrogens with two attached hydrogens (primary N) is 1. The number of amidine groups is 1. The number of nitrogens with zero attached hydrogens (tertiary/aromatic N) is 3. The van der Waals surface area contributed by atoms with Crippen molar-refractivity contribution in [3.8, 4) is 0 Å². The van der Waals surface area contributed by atoms with E-state index in [1.54, 1.807) is 0 Å². The van der Waals surface area contributed by atoms with Crippen LogP contribution in [0.1, 0.15) is 30.6 Å². The molecule has 6 nitrogen and oxygen atoms in total. The van der Waals surface area contributed by atoms with Crippen molar-refractivity contribution in [2.45, 2.75) is 20.3 Å². The van der Waals surface area contributed by atoms with E-state index in [1.807, 2.05) is 13.8 Å². The molecule has 110 valence electrons. The minimum Gasteiger partial charge on any atom is -0.409 e. The van der Waals surface area contributed by atoms with Gasteiger partial charge < -0.3 is 15.8 Å². The molecular weight excluding hydrogens is 263 g/mol. The van der Waals surface area contributed by atoms with Crippen LogP contribution in [0.15, 0.2) is 23.6 Å². The molecule has 0 unspecified atom stereocenters. The van der Waals surface area contributed by atoms with Crippen molar-refractivity contribution >= 4 is 11.7 Å². The molecule has 1 amide bonds. The number of hydrogen-bond donors (Lipinski definition) is 2. The van der Waals surface area contributed by atoms with Gasteiger partial charge in [-0.15, -0.1) is 0 Å². The van der Waals surface area contributed by atoms with Crippen LogP contribution in [0.4, 0.5) is 4.39 Å². The highest BCUT2D eigenvalue weighted by atomic mass is 19.1. The normalized spacial score (nSPS) is 11.7. The maximum atomic E-state index is 13.6. The van der Waals surface area contributed by atoms with Crippen LogP contribution in [-0.2, 0) is 0 Å². The molecule has 0 saturated carbocycles. The molecule has 7 heteroatoms. The van der Waals surface area contributed by atoms with E-state index >= 15 is 0 Å². The summed E-state index contributed by atoms with van der Waals surface area (Å²) in [6, 6.07) is 1.34.